The van der Waals surface area contributed by atoms with Crippen molar-refractivity contribution >= 4 is 5.97 Å². The fraction of sp³-hybridized carbons (Fsp3) is 0.909. The van der Waals surface area contributed by atoms with Crippen LogP contribution in [-0.2, 0) is 4.79 Å². The quantitative estimate of drug-likeness (QED) is 0.597. The van der Waals surface area contributed by atoms with Crippen molar-refractivity contribution in [3.63, 3.8) is 0 Å². The van der Waals surface area contributed by atoms with Crippen molar-refractivity contribution in [3.8, 4) is 0 Å². The van der Waals surface area contributed by atoms with Gasteiger partial charge in [-0.2, -0.15) is 0 Å². The summed E-state index contributed by atoms with van der Waals surface area (Å²) >= 11 is 0. The molecule has 0 spiro atoms. The molecular formula is C11H23NO3. The summed E-state index contributed by atoms with van der Waals surface area (Å²) in [5, 5.41) is 21.1. The van der Waals surface area contributed by atoms with Crippen molar-refractivity contribution in [2.45, 2.75) is 46.2 Å². The Balaban J connectivity index is 4.11. The second kappa shape index (κ2) is 6.80. The minimum Gasteiger partial charge on any atom is -0.481 e. The first-order valence-electron chi connectivity index (χ1n) is 5.48. The first-order valence-corrected chi connectivity index (χ1v) is 5.48. The normalized spacial score (nSPS) is 17.5. The lowest BCUT2D eigenvalue weighted by atomic mass is 9.99. The maximum absolute atomic E-state index is 10.7. The van der Waals surface area contributed by atoms with Gasteiger partial charge in [-0.25, -0.2) is 0 Å². The van der Waals surface area contributed by atoms with Crippen LogP contribution in [0.15, 0.2) is 0 Å². The second-order valence-electron chi connectivity index (χ2n) is 4.59. The molecule has 3 atom stereocenters. The van der Waals surface area contributed by atoms with Gasteiger partial charge in [-0.05, 0) is 19.3 Å². The molecule has 0 aromatic carbocycles. The summed E-state index contributed by atoms with van der Waals surface area (Å²) in [4.78, 5) is 10.7. The molecule has 0 aliphatic rings. The van der Waals surface area contributed by atoms with E-state index in [1.807, 2.05) is 6.92 Å². The standard InChI is InChI=1S/C11H23NO3/c1-7(2)5-10(6-13)12-9(4)8(3)11(14)15/h7-10,12-13H,5-6H2,1-4H3,(H,14,15). The highest BCUT2D eigenvalue weighted by molar-refractivity contribution is 5.70. The van der Waals surface area contributed by atoms with Crippen LogP contribution in [0.3, 0.4) is 0 Å². The number of carboxylic acids is 1. The molecule has 0 aromatic rings. The van der Waals surface area contributed by atoms with E-state index in [4.69, 9.17) is 10.2 Å². The Morgan fingerprint density at radius 1 is 1.27 bits per heavy atom. The van der Waals surface area contributed by atoms with E-state index in [9.17, 15) is 4.79 Å². The third kappa shape index (κ3) is 5.74. The van der Waals surface area contributed by atoms with E-state index < -0.39 is 11.9 Å². The third-order valence-electron chi connectivity index (χ3n) is 2.61. The summed E-state index contributed by atoms with van der Waals surface area (Å²) in [6, 6.07) is -0.139. The zero-order chi connectivity index (χ0) is 12.0. The van der Waals surface area contributed by atoms with Crippen molar-refractivity contribution < 1.29 is 15.0 Å². The van der Waals surface area contributed by atoms with Crippen LogP contribution in [-0.4, -0.2) is 34.9 Å². The molecular weight excluding hydrogens is 194 g/mol. The average molecular weight is 217 g/mol. The maximum atomic E-state index is 10.7. The zero-order valence-electron chi connectivity index (χ0n) is 10.0. The topological polar surface area (TPSA) is 69.6 Å². The Morgan fingerprint density at radius 3 is 2.13 bits per heavy atom. The molecule has 0 amide bonds. The van der Waals surface area contributed by atoms with Crippen LogP contribution in [0.5, 0.6) is 0 Å². The number of aliphatic carboxylic acids is 1. The zero-order valence-corrected chi connectivity index (χ0v) is 10.0. The van der Waals surface area contributed by atoms with Gasteiger partial charge in [0.05, 0.1) is 12.5 Å². The molecule has 0 saturated carbocycles. The molecule has 0 heterocycles. The maximum Gasteiger partial charge on any atom is 0.307 e. The number of hydrogen-bond donors (Lipinski definition) is 3. The van der Waals surface area contributed by atoms with Gasteiger partial charge in [-0.3, -0.25) is 4.79 Å². The highest BCUT2D eigenvalue weighted by atomic mass is 16.4. The molecule has 0 aromatic heterocycles. The Hall–Kier alpha value is -0.610. The van der Waals surface area contributed by atoms with Crippen molar-refractivity contribution in [3.05, 3.63) is 0 Å². The van der Waals surface area contributed by atoms with E-state index in [1.165, 1.54) is 0 Å². The van der Waals surface area contributed by atoms with Crippen molar-refractivity contribution in [2.75, 3.05) is 6.61 Å². The molecule has 0 aliphatic heterocycles. The van der Waals surface area contributed by atoms with Crippen LogP contribution in [0.4, 0.5) is 0 Å². The SMILES string of the molecule is CC(C)CC(CO)NC(C)C(C)C(=O)O. The highest BCUT2D eigenvalue weighted by Gasteiger charge is 2.22. The van der Waals surface area contributed by atoms with Crippen molar-refractivity contribution in [1.82, 2.24) is 5.32 Å². The number of nitrogens with one attached hydrogen (secondary N) is 1. The van der Waals surface area contributed by atoms with Crippen LogP contribution >= 0.6 is 0 Å². The summed E-state index contributed by atoms with van der Waals surface area (Å²) < 4.78 is 0. The molecule has 4 heteroatoms. The molecule has 90 valence electrons. The van der Waals surface area contributed by atoms with Crippen LogP contribution < -0.4 is 5.32 Å². The number of aliphatic hydroxyl groups excluding tert-OH is 1. The molecule has 3 N–H and O–H groups in total. The van der Waals surface area contributed by atoms with E-state index in [0.29, 0.717) is 5.92 Å². The Bertz CT molecular complexity index is 194. The smallest absolute Gasteiger partial charge is 0.307 e. The second-order valence-corrected chi connectivity index (χ2v) is 4.59. The van der Waals surface area contributed by atoms with Gasteiger partial charge in [0, 0.05) is 12.1 Å². The van der Waals surface area contributed by atoms with Gasteiger partial charge in [0.15, 0.2) is 0 Å². The van der Waals surface area contributed by atoms with Gasteiger partial charge >= 0.3 is 5.97 Å². The molecule has 4 nitrogen and oxygen atoms in total. The predicted octanol–water partition coefficient (Wildman–Crippen LogP) is 1.09. The van der Waals surface area contributed by atoms with Crippen LogP contribution in [0, 0.1) is 11.8 Å². The van der Waals surface area contributed by atoms with Crippen LogP contribution in [0.25, 0.3) is 0 Å². The van der Waals surface area contributed by atoms with Gasteiger partial charge < -0.3 is 15.5 Å². The molecule has 0 saturated heterocycles. The summed E-state index contributed by atoms with van der Waals surface area (Å²) in [7, 11) is 0. The largest absolute Gasteiger partial charge is 0.481 e. The van der Waals surface area contributed by atoms with Gasteiger partial charge in [0.2, 0.25) is 0 Å². The number of hydrogen-bond acceptors (Lipinski definition) is 3. The molecule has 15 heavy (non-hydrogen) atoms. The third-order valence-corrected chi connectivity index (χ3v) is 2.61. The van der Waals surface area contributed by atoms with Gasteiger partial charge in [0.25, 0.3) is 0 Å². The molecule has 3 unspecified atom stereocenters. The number of rotatable bonds is 7. The fourth-order valence-corrected chi connectivity index (χ4v) is 1.49. The van der Waals surface area contributed by atoms with Crippen LogP contribution in [0.1, 0.15) is 34.1 Å². The monoisotopic (exact) mass is 217 g/mol. The summed E-state index contributed by atoms with van der Waals surface area (Å²) in [6.45, 7) is 7.71. The van der Waals surface area contributed by atoms with Gasteiger partial charge in [-0.1, -0.05) is 20.8 Å². The number of carbonyl (C=O) groups is 1. The van der Waals surface area contributed by atoms with E-state index in [2.05, 4.69) is 19.2 Å². The Kier molecular flexibility index (Phi) is 6.52. The van der Waals surface area contributed by atoms with Crippen LogP contribution in [0.2, 0.25) is 0 Å². The predicted molar refractivity (Wildman–Crippen MR) is 59.7 cm³/mol. The fourth-order valence-electron chi connectivity index (χ4n) is 1.49. The molecule has 0 bridgehead atoms. The molecule has 0 aliphatic carbocycles. The first-order chi connectivity index (χ1) is 6.88. The first kappa shape index (κ1) is 14.4. The lowest BCUT2D eigenvalue weighted by molar-refractivity contribution is -0.142. The Morgan fingerprint density at radius 2 is 1.80 bits per heavy atom. The Labute approximate surface area is 91.7 Å². The minimum absolute atomic E-state index is 0.0122. The van der Waals surface area contributed by atoms with E-state index in [1.54, 1.807) is 6.92 Å². The lowest BCUT2D eigenvalue weighted by Crippen LogP contribution is -2.44. The highest BCUT2D eigenvalue weighted by Crippen LogP contribution is 2.08. The van der Waals surface area contributed by atoms with Crippen molar-refractivity contribution in [2.24, 2.45) is 11.8 Å². The van der Waals surface area contributed by atoms with Gasteiger partial charge in [0.1, 0.15) is 0 Å². The van der Waals surface area contributed by atoms with Crippen molar-refractivity contribution in [1.29, 1.82) is 0 Å². The lowest BCUT2D eigenvalue weighted by Gasteiger charge is -2.25. The van der Waals surface area contributed by atoms with Gasteiger partial charge in [-0.15, -0.1) is 0 Å². The molecule has 0 fully saturated rings. The minimum atomic E-state index is -0.809. The summed E-state index contributed by atoms with van der Waals surface area (Å²) in [5.74, 6) is -0.760. The molecule has 0 radical (unpaired) electrons. The average Bonchev–Trinajstić information content (AvgIpc) is 2.14. The van der Waals surface area contributed by atoms with E-state index >= 15 is 0 Å². The summed E-state index contributed by atoms with van der Waals surface area (Å²) in [5.41, 5.74) is 0. The number of carboxylic acid groups (broad SMARTS) is 1. The van der Waals surface area contributed by atoms with E-state index in [0.717, 1.165) is 6.42 Å². The summed E-state index contributed by atoms with van der Waals surface area (Å²) in [6.07, 6.45) is 0.854. The van der Waals surface area contributed by atoms with E-state index in [-0.39, 0.29) is 18.7 Å². The number of aliphatic hydroxyl groups is 1. The molecule has 0 rings (SSSR count).